The Morgan fingerprint density at radius 3 is 2.57 bits per heavy atom. The Morgan fingerprint density at radius 2 is 2.14 bits per heavy atom. The van der Waals surface area contributed by atoms with Crippen LogP contribution < -0.4 is 5.32 Å². The fourth-order valence-corrected chi connectivity index (χ4v) is 1.63. The van der Waals surface area contributed by atoms with E-state index in [0.29, 0.717) is 5.56 Å². The lowest BCUT2D eigenvalue weighted by atomic mass is 10.2. The Morgan fingerprint density at radius 1 is 1.50 bits per heavy atom. The molecular formula is C10H13NO2S. The molecule has 1 heterocycles. The molecule has 1 atom stereocenters. The van der Waals surface area contributed by atoms with Gasteiger partial charge < -0.3 is 5.32 Å². The molecular weight excluding hydrogens is 198 g/mol. The highest BCUT2D eigenvalue weighted by Crippen LogP contribution is 2.12. The van der Waals surface area contributed by atoms with Gasteiger partial charge in [-0.3, -0.25) is 9.59 Å². The van der Waals surface area contributed by atoms with Gasteiger partial charge in [-0.2, -0.15) is 0 Å². The quantitative estimate of drug-likeness (QED) is 0.828. The van der Waals surface area contributed by atoms with Gasteiger partial charge in [0.05, 0.1) is 11.6 Å². The first-order chi connectivity index (χ1) is 6.50. The van der Waals surface area contributed by atoms with E-state index in [-0.39, 0.29) is 11.7 Å². The van der Waals surface area contributed by atoms with Crippen molar-refractivity contribution in [3.8, 4) is 0 Å². The van der Waals surface area contributed by atoms with E-state index in [1.54, 1.807) is 12.3 Å². The Kier molecular flexibility index (Phi) is 3.41. The van der Waals surface area contributed by atoms with E-state index in [4.69, 9.17) is 0 Å². The number of Topliss-reactive ketones (excluding diaryl/α,β-unsaturated/α-hetero) is 1. The van der Waals surface area contributed by atoms with E-state index < -0.39 is 6.04 Å². The van der Waals surface area contributed by atoms with Crippen molar-refractivity contribution in [2.24, 2.45) is 0 Å². The Balaban J connectivity index is 2.63. The first-order valence-electron chi connectivity index (χ1n) is 4.37. The summed E-state index contributed by atoms with van der Waals surface area (Å²) in [6.45, 7) is 5.08. The minimum absolute atomic E-state index is 0.0368. The van der Waals surface area contributed by atoms with Crippen LogP contribution in [0.25, 0.3) is 0 Å². The average molecular weight is 211 g/mol. The minimum Gasteiger partial charge on any atom is -0.343 e. The summed E-state index contributed by atoms with van der Waals surface area (Å²) in [6.07, 6.45) is 0. The van der Waals surface area contributed by atoms with Gasteiger partial charge in [-0.15, -0.1) is 11.3 Å². The van der Waals surface area contributed by atoms with E-state index in [9.17, 15) is 9.59 Å². The molecule has 76 valence electrons. The summed E-state index contributed by atoms with van der Waals surface area (Å²) in [4.78, 5) is 23.5. The number of nitrogens with one attached hydrogen (secondary N) is 1. The summed E-state index contributed by atoms with van der Waals surface area (Å²) in [5.41, 5.74) is 0.626. The van der Waals surface area contributed by atoms with Gasteiger partial charge in [0.2, 0.25) is 0 Å². The first kappa shape index (κ1) is 10.9. The van der Waals surface area contributed by atoms with Crippen LogP contribution in [0.3, 0.4) is 0 Å². The lowest BCUT2D eigenvalue weighted by Gasteiger charge is -2.08. The number of carbonyl (C=O) groups is 2. The van der Waals surface area contributed by atoms with Gasteiger partial charge in [-0.1, -0.05) is 0 Å². The molecule has 1 aromatic rings. The molecule has 1 aromatic heterocycles. The van der Waals surface area contributed by atoms with E-state index in [0.717, 1.165) is 4.88 Å². The van der Waals surface area contributed by atoms with Crippen molar-refractivity contribution in [3.63, 3.8) is 0 Å². The van der Waals surface area contributed by atoms with Crippen molar-refractivity contribution < 1.29 is 9.59 Å². The summed E-state index contributed by atoms with van der Waals surface area (Å²) < 4.78 is 0. The first-order valence-corrected chi connectivity index (χ1v) is 5.25. The van der Waals surface area contributed by atoms with E-state index in [1.165, 1.54) is 18.3 Å². The number of amides is 1. The zero-order chi connectivity index (χ0) is 10.7. The fourth-order valence-electron chi connectivity index (χ4n) is 0.944. The second-order valence-electron chi connectivity index (χ2n) is 3.25. The highest BCUT2D eigenvalue weighted by Gasteiger charge is 2.13. The Labute approximate surface area is 87.1 Å². The smallest absolute Gasteiger partial charge is 0.252 e. The molecule has 0 saturated heterocycles. The van der Waals surface area contributed by atoms with Crippen LogP contribution in [0.2, 0.25) is 0 Å². The third-order valence-corrected chi connectivity index (χ3v) is 2.81. The number of thiophene rings is 1. The van der Waals surface area contributed by atoms with Crippen LogP contribution in [0, 0.1) is 6.92 Å². The van der Waals surface area contributed by atoms with Crippen molar-refractivity contribution in [1.29, 1.82) is 0 Å². The molecule has 4 heteroatoms. The molecule has 0 bridgehead atoms. The summed E-state index contributed by atoms with van der Waals surface area (Å²) in [5.74, 6) is -0.220. The molecule has 0 aromatic carbocycles. The Bertz CT molecular complexity index is 357. The molecule has 0 radical (unpaired) electrons. The van der Waals surface area contributed by atoms with Crippen LogP contribution in [-0.2, 0) is 4.79 Å². The maximum absolute atomic E-state index is 11.5. The predicted molar refractivity (Wildman–Crippen MR) is 56.7 cm³/mol. The molecule has 14 heavy (non-hydrogen) atoms. The molecule has 3 nitrogen and oxygen atoms in total. The average Bonchev–Trinajstić information content (AvgIpc) is 2.51. The third kappa shape index (κ3) is 2.67. The second kappa shape index (κ2) is 4.37. The van der Waals surface area contributed by atoms with Gasteiger partial charge in [0.1, 0.15) is 0 Å². The van der Waals surface area contributed by atoms with E-state index in [1.807, 2.05) is 13.0 Å². The van der Waals surface area contributed by atoms with Gasteiger partial charge >= 0.3 is 0 Å². The molecule has 0 spiro atoms. The highest BCUT2D eigenvalue weighted by molar-refractivity contribution is 7.10. The molecule has 1 N–H and O–H groups in total. The van der Waals surface area contributed by atoms with Crippen molar-refractivity contribution in [2.45, 2.75) is 26.8 Å². The van der Waals surface area contributed by atoms with Crippen molar-refractivity contribution >= 4 is 23.0 Å². The second-order valence-corrected chi connectivity index (χ2v) is 4.37. The fraction of sp³-hybridized carbons (Fsp3) is 0.400. The maximum Gasteiger partial charge on any atom is 0.252 e. The molecule has 0 aliphatic rings. The van der Waals surface area contributed by atoms with Gasteiger partial charge in [-0.25, -0.2) is 0 Å². The molecule has 0 saturated carbocycles. The largest absolute Gasteiger partial charge is 0.343 e. The van der Waals surface area contributed by atoms with Gasteiger partial charge in [-0.05, 0) is 26.8 Å². The van der Waals surface area contributed by atoms with E-state index in [2.05, 4.69) is 5.32 Å². The van der Waals surface area contributed by atoms with Crippen molar-refractivity contribution in [3.05, 3.63) is 21.9 Å². The molecule has 0 aliphatic heterocycles. The van der Waals surface area contributed by atoms with E-state index >= 15 is 0 Å². The van der Waals surface area contributed by atoms with Crippen LogP contribution in [0.5, 0.6) is 0 Å². The third-order valence-electron chi connectivity index (χ3n) is 1.95. The number of aryl methyl sites for hydroxylation is 1. The van der Waals surface area contributed by atoms with Crippen LogP contribution in [-0.4, -0.2) is 17.7 Å². The lowest BCUT2D eigenvalue weighted by molar-refractivity contribution is -0.118. The number of hydrogen-bond donors (Lipinski definition) is 1. The minimum atomic E-state index is -0.414. The number of hydrogen-bond acceptors (Lipinski definition) is 3. The lowest BCUT2D eigenvalue weighted by Crippen LogP contribution is -2.37. The zero-order valence-corrected chi connectivity index (χ0v) is 9.27. The summed E-state index contributed by atoms with van der Waals surface area (Å²) in [6, 6.07) is 1.40. The van der Waals surface area contributed by atoms with Crippen molar-refractivity contribution in [2.75, 3.05) is 0 Å². The van der Waals surface area contributed by atoms with Crippen molar-refractivity contribution in [1.82, 2.24) is 5.32 Å². The number of ketones is 1. The molecule has 1 rings (SSSR count). The zero-order valence-electron chi connectivity index (χ0n) is 8.46. The maximum atomic E-state index is 11.5. The molecule has 1 unspecified atom stereocenters. The Hall–Kier alpha value is -1.16. The van der Waals surface area contributed by atoms with Gasteiger partial charge in [0, 0.05) is 10.3 Å². The topological polar surface area (TPSA) is 46.2 Å². The molecule has 0 aliphatic carbocycles. The standard InChI is InChI=1S/C10H13NO2S/c1-6-4-9(5-14-6)10(13)11-7(2)8(3)12/h4-5,7H,1-3H3,(H,11,13). The summed E-state index contributed by atoms with van der Waals surface area (Å²) >= 11 is 1.52. The molecule has 1 amide bonds. The summed E-state index contributed by atoms with van der Waals surface area (Å²) in [7, 11) is 0. The SMILES string of the molecule is CC(=O)C(C)NC(=O)c1csc(C)c1. The number of rotatable bonds is 3. The van der Waals surface area contributed by atoms with Crippen LogP contribution in [0.4, 0.5) is 0 Å². The highest BCUT2D eigenvalue weighted by atomic mass is 32.1. The predicted octanol–water partition coefficient (Wildman–Crippen LogP) is 1.76. The van der Waals surface area contributed by atoms with Crippen LogP contribution in [0.15, 0.2) is 11.4 Å². The van der Waals surface area contributed by atoms with Gasteiger partial charge in [0.15, 0.2) is 5.78 Å². The summed E-state index contributed by atoms with van der Waals surface area (Å²) in [5, 5.41) is 4.42. The normalized spacial score (nSPS) is 12.2. The number of carbonyl (C=O) groups excluding carboxylic acids is 2. The van der Waals surface area contributed by atoms with Crippen LogP contribution in [0.1, 0.15) is 29.1 Å². The molecule has 0 fully saturated rings. The monoisotopic (exact) mass is 211 g/mol. The van der Waals surface area contributed by atoms with Gasteiger partial charge in [0.25, 0.3) is 5.91 Å². The van der Waals surface area contributed by atoms with Crippen LogP contribution >= 0.6 is 11.3 Å².